The lowest BCUT2D eigenvalue weighted by atomic mass is 10.2. The first-order valence-electron chi connectivity index (χ1n) is 4.26. The van der Waals surface area contributed by atoms with Crippen LogP contribution in [0.4, 0.5) is 0 Å². The molecule has 4 nitrogen and oxygen atoms in total. The summed E-state index contributed by atoms with van der Waals surface area (Å²) in [5, 5.41) is 8.52. The largest absolute Gasteiger partial charge is 0.479 e. The van der Waals surface area contributed by atoms with Gasteiger partial charge < -0.3 is 15.6 Å². The van der Waals surface area contributed by atoms with Gasteiger partial charge in [0.15, 0.2) is 6.10 Å². The maximum absolute atomic E-state index is 10.4. The lowest BCUT2D eigenvalue weighted by Crippen LogP contribution is -2.32. The second-order valence-electron chi connectivity index (χ2n) is 2.64. The van der Waals surface area contributed by atoms with Crippen LogP contribution >= 0.6 is 0 Å². The van der Waals surface area contributed by atoms with Crippen molar-refractivity contribution in [1.82, 2.24) is 0 Å². The van der Waals surface area contributed by atoms with E-state index >= 15 is 0 Å². The predicted octanol–water partition coefficient (Wildman–Crippen LogP) is 0.605. The summed E-state index contributed by atoms with van der Waals surface area (Å²) in [6, 6.07) is 0. The van der Waals surface area contributed by atoms with Crippen LogP contribution in [0.15, 0.2) is 0 Å². The van der Waals surface area contributed by atoms with Gasteiger partial charge in [-0.3, -0.25) is 0 Å². The smallest absolute Gasteiger partial charge is 0.334 e. The molecule has 12 heavy (non-hydrogen) atoms. The summed E-state index contributed by atoms with van der Waals surface area (Å²) in [4.78, 5) is 10.4. The Balaban J connectivity index is 3.38. The Bertz CT molecular complexity index is 127. The number of hydrogen-bond acceptors (Lipinski definition) is 3. The van der Waals surface area contributed by atoms with Crippen LogP contribution in [0.1, 0.15) is 26.2 Å². The fraction of sp³-hybridized carbons (Fsp3) is 0.875. The molecule has 0 heterocycles. The molecule has 0 aromatic heterocycles. The molecule has 3 N–H and O–H groups in total. The van der Waals surface area contributed by atoms with Crippen molar-refractivity contribution in [3.05, 3.63) is 0 Å². The van der Waals surface area contributed by atoms with Crippen molar-refractivity contribution in [2.75, 3.05) is 13.2 Å². The van der Waals surface area contributed by atoms with Crippen molar-refractivity contribution in [3.63, 3.8) is 0 Å². The van der Waals surface area contributed by atoms with Crippen LogP contribution in [0.25, 0.3) is 0 Å². The van der Waals surface area contributed by atoms with Crippen molar-refractivity contribution < 1.29 is 14.6 Å². The molecule has 0 aliphatic carbocycles. The van der Waals surface area contributed by atoms with Crippen molar-refractivity contribution in [2.24, 2.45) is 5.73 Å². The molecule has 0 saturated carbocycles. The number of rotatable bonds is 7. The zero-order valence-corrected chi connectivity index (χ0v) is 7.45. The number of unbranched alkanes of at least 4 members (excludes halogenated alkanes) is 2. The van der Waals surface area contributed by atoms with E-state index in [1.165, 1.54) is 0 Å². The Kier molecular flexibility index (Phi) is 6.70. The average Bonchev–Trinajstić information content (AvgIpc) is 2.04. The van der Waals surface area contributed by atoms with Crippen molar-refractivity contribution >= 4 is 5.97 Å². The Hall–Kier alpha value is -0.610. The van der Waals surface area contributed by atoms with E-state index in [1.54, 1.807) is 0 Å². The molecule has 1 unspecified atom stereocenters. The van der Waals surface area contributed by atoms with Gasteiger partial charge in [0.2, 0.25) is 0 Å². The molecule has 0 aliphatic heterocycles. The van der Waals surface area contributed by atoms with Crippen LogP contribution in [0, 0.1) is 0 Å². The van der Waals surface area contributed by atoms with E-state index < -0.39 is 12.1 Å². The molecule has 0 fully saturated rings. The Labute approximate surface area is 72.7 Å². The third-order valence-corrected chi connectivity index (χ3v) is 1.56. The summed E-state index contributed by atoms with van der Waals surface area (Å²) in [5.41, 5.74) is 5.18. The highest BCUT2D eigenvalue weighted by Gasteiger charge is 2.14. The van der Waals surface area contributed by atoms with Gasteiger partial charge in [-0.15, -0.1) is 0 Å². The van der Waals surface area contributed by atoms with Gasteiger partial charge in [-0.2, -0.15) is 0 Å². The number of aliphatic carboxylic acids is 1. The highest BCUT2D eigenvalue weighted by Crippen LogP contribution is 1.97. The molecule has 4 heteroatoms. The molecule has 0 rings (SSSR count). The number of carboxylic acid groups (broad SMARTS) is 1. The molecule has 72 valence electrons. The predicted molar refractivity (Wildman–Crippen MR) is 46.0 cm³/mol. The van der Waals surface area contributed by atoms with Crippen LogP contribution in [0.3, 0.4) is 0 Å². The quantitative estimate of drug-likeness (QED) is 0.556. The third-order valence-electron chi connectivity index (χ3n) is 1.56. The molecule has 0 amide bonds. The number of carboxylic acids is 1. The molecule has 0 aliphatic rings. The monoisotopic (exact) mass is 175 g/mol. The van der Waals surface area contributed by atoms with Crippen LogP contribution in [0.2, 0.25) is 0 Å². The van der Waals surface area contributed by atoms with Crippen LogP contribution in [-0.4, -0.2) is 30.3 Å². The van der Waals surface area contributed by atoms with E-state index in [-0.39, 0.29) is 6.54 Å². The number of ether oxygens (including phenoxy) is 1. The zero-order chi connectivity index (χ0) is 9.40. The van der Waals surface area contributed by atoms with E-state index in [9.17, 15) is 4.79 Å². The fourth-order valence-corrected chi connectivity index (χ4v) is 0.818. The molecular weight excluding hydrogens is 158 g/mol. The summed E-state index contributed by atoms with van der Waals surface area (Å²) < 4.78 is 5.03. The standard InChI is InChI=1S/C8H17NO3/c1-2-3-4-5-12-7(6-9)8(10)11/h7H,2-6,9H2,1H3,(H,10,11). The highest BCUT2D eigenvalue weighted by atomic mass is 16.5. The van der Waals surface area contributed by atoms with Crippen LogP contribution < -0.4 is 5.73 Å². The second-order valence-corrected chi connectivity index (χ2v) is 2.64. The van der Waals surface area contributed by atoms with Gasteiger partial charge in [-0.25, -0.2) is 4.79 Å². The Morgan fingerprint density at radius 2 is 2.25 bits per heavy atom. The summed E-state index contributed by atoms with van der Waals surface area (Å²) >= 11 is 0. The maximum atomic E-state index is 10.4. The molecule has 1 atom stereocenters. The van der Waals surface area contributed by atoms with Gasteiger partial charge in [0.25, 0.3) is 0 Å². The van der Waals surface area contributed by atoms with Gasteiger partial charge >= 0.3 is 5.97 Å². The van der Waals surface area contributed by atoms with Crippen LogP contribution in [0.5, 0.6) is 0 Å². The Morgan fingerprint density at radius 3 is 2.67 bits per heavy atom. The van der Waals surface area contributed by atoms with E-state index in [0.29, 0.717) is 6.61 Å². The van der Waals surface area contributed by atoms with E-state index in [4.69, 9.17) is 15.6 Å². The fourth-order valence-electron chi connectivity index (χ4n) is 0.818. The van der Waals surface area contributed by atoms with E-state index in [0.717, 1.165) is 19.3 Å². The molecule has 0 saturated heterocycles. The van der Waals surface area contributed by atoms with Gasteiger partial charge in [0.05, 0.1) is 0 Å². The first-order valence-corrected chi connectivity index (χ1v) is 4.26. The summed E-state index contributed by atoms with van der Waals surface area (Å²) in [6.07, 6.45) is 2.24. The van der Waals surface area contributed by atoms with Crippen LogP contribution in [-0.2, 0) is 9.53 Å². The van der Waals surface area contributed by atoms with Gasteiger partial charge in [-0.05, 0) is 6.42 Å². The van der Waals surface area contributed by atoms with Crippen molar-refractivity contribution in [1.29, 1.82) is 0 Å². The van der Waals surface area contributed by atoms with Crippen molar-refractivity contribution in [3.8, 4) is 0 Å². The summed E-state index contributed by atoms with van der Waals surface area (Å²) in [5.74, 6) is -0.978. The molecule has 0 aromatic rings. The van der Waals surface area contributed by atoms with Gasteiger partial charge in [0.1, 0.15) is 0 Å². The SMILES string of the molecule is CCCCCOC(CN)C(=O)O. The highest BCUT2D eigenvalue weighted by molar-refractivity contribution is 5.72. The molecule has 0 bridgehead atoms. The molecular formula is C8H17NO3. The summed E-state index contributed by atoms with van der Waals surface area (Å²) in [7, 11) is 0. The lowest BCUT2D eigenvalue weighted by Gasteiger charge is -2.10. The maximum Gasteiger partial charge on any atom is 0.334 e. The number of hydrogen-bond donors (Lipinski definition) is 2. The Morgan fingerprint density at radius 1 is 1.58 bits per heavy atom. The average molecular weight is 175 g/mol. The third kappa shape index (κ3) is 5.09. The molecule has 0 spiro atoms. The first-order chi connectivity index (χ1) is 5.72. The summed E-state index contributed by atoms with van der Waals surface area (Å²) in [6.45, 7) is 2.61. The minimum Gasteiger partial charge on any atom is -0.479 e. The molecule has 0 aromatic carbocycles. The minimum absolute atomic E-state index is 0.0431. The van der Waals surface area contributed by atoms with Gasteiger partial charge in [-0.1, -0.05) is 19.8 Å². The van der Waals surface area contributed by atoms with Gasteiger partial charge in [0, 0.05) is 13.2 Å². The minimum atomic E-state index is -0.978. The number of carbonyl (C=O) groups is 1. The normalized spacial score (nSPS) is 12.8. The number of nitrogens with two attached hydrogens (primary N) is 1. The first kappa shape index (κ1) is 11.4. The van der Waals surface area contributed by atoms with Crippen molar-refractivity contribution in [2.45, 2.75) is 32.3 Å². The second kappa shape index (κ2) is 7.06. The van der Waals surface area contributed by atoms with E-state index in [2.05, 4.69) is 6.92 Å². The van der Waals surface area contributed by atoms with E-state index in [1.807, 2.05) is 0 Å². The zero-order valence-electron chi connectivity index (χ0n) is 7.45. The lowest BCUT2D eigenvalue weighted by molar-refractivity contribution is -0.149. The molecule has 0 radical (unpaired) electrons. The topological polar surface area (TPSA) is 72.5 Å².